The van der Waals surface area contributed by atoms with Crippen molar-refractivity contribution in [3.63, 3.8) is 0 Å². The van der Waals surface area contributed by atoms with E-state index >= 15 is 0 Å². The number of rotatable bonds is 3. The molecule has 1 aliphatic rings. The summed E-state index contributed by atoms with van der Waals surface area (Å²) in [6, 6.07) is 1.96. The second-order valence-corrected chi connectivity index (χ2v) is 4.48. The topological polar surface area (TPSA) is 30.0 Å². The Morgan fingerprint density at radius 1 is 1.57 bits per heavy atom. The quantitative estimate of drug-likeness (QED) is 0.564. The molecular weight excluding hydrogens is 194 g/mol. The second kappa shape index (κ2) is 3.73. The van der Waals surface area contributed by atoms with Crippen molar-refractivity contribution in [3.8, 4) is 0 Å². The van der Waals surface area contributed by atoms with Gasteiger partial charge in [0.05, 0.1) is 5.03 Å². The van der Waals surface area contributed by atoms with Gasteiger partial charge in [-0.2, -0.15) is 0 Å². The summed E-state index contributed by atoms with van der Waals surface area (Å²) in [5.41, 5.74) is 1.88. The molecule has 74 valence electrons. The largest absolute Gasteiger partial charge is 0.294 e. The molecule has 1 heterocycles. The lowest BCUT2D eigenvalue weighted by atomic mass is 10.1. The van der Waals surface area contributed by atoms with E-state index in [1.807, 2.05) is 19.2 Å². The molecule has 2 rings (SSSR count). The first kappa shape index (κ1) is 9.71. The Morgan fingerprint density at radius 3 is 2.79 bits per heavy atom. The third-order valence-electron chi connectivity index (χ3n) is 2.46. The van der Waals surface area contributed by atoms with E-state index in [9.17, 15) is 4.79 Å². The zero-order valence-corrected chi connectivity index (χ0v) is 9.23. The lowest BCUT2D eigenvalue weighted by molar-refractivity contribution is 0.0967. The standard InChI is InChI=1S/C11H13NOS/c1-7-5-9(6-12-11(7)14-2)10(13)8-3-4-8/h5-6,8H,3-4H2,1-2H3. The van der Waals surface area contributed by atoms with Crippen LogP contribution in [0.15, 0.2) is 17.3 Å². The molecule has 0 atom stereocenters. The Morgan fingerprint density at radius 2 is 2.29 bits per heavy atom. The summed E-state index contributed by atoms with van der Waals surface area (Å²) in [6.45, 7) is 2.00. The molecule has 2 nitrogen and oxygen atoms in total. The molecule has 1 fully saturated rings. The SMILES string of the molecule is CSc1ncc(C(=O)C2CC2)cc1C. The van der Waals surface area contributed by atoms with Crippen molar-refractivity contribution in [1.82, 2.24) is 4.98 Å². The van der Waals surface area contributed by atoms with Gasteiger partial charge in [-0.1, -0.05) is 0 Å². The monoisotopic (exact) mass is 207 g/mol. The van der Waals surface area contributed by atoms with E-state index in [4.69, 9.17) is 0 Å². The van der Waals surface area contributed by atoms with Gasteiger partial charge in [0.2, 0.25) is 0 Å². The van der Waals surface area contributed by atoms with Crippen LogP contribution in [-0.4, -0.2) is 17.0 Å². The number of thioether (sulfide) groups is 1. The molecule has 0 saturated heterocycles. The van der Waals surface area contributed by atoms with E-state index in [1.165, 1.54) is 0 Å². The van der Waals surface area contributed by atoms with Crippen LogP contribution in [0, 0.1) is 12.8 Å². The fourth-order valence-corrected chi connectivity index (χ4v) is 2.03. The van der Waals surface area contributed by atoms with E-state index in [1.54, 1.807) is 18.0 Å². The maximum Gasteiger partial charge on any atom is 0.167 e. The summed E-state index contributed by atoms with van der Waals surface area (Å²) in [5, 5.41) is 1.01. The van der Waals surface area contributed by atoms with Gasteiger partial charge < -0.3 is 0 Å². The number of Topliss-reactive ketones (excluding diaryl/α,β-unsaturated/α-hetero) is 1. The van der Waals surface area contributed by atoms with Crippen LogP contribution in [-0.2, 0) is 0 Å². The van der Waals surface area contributed by atoms with Gasteiger partial charge in [0, 0.05) is 17.7 Å². The van der Waals surface area contributed by atoms with Crippen molar-refractivity contribution in [3.05, 3.63) is 23.4 Å². The second-order valence-electron chi connectivity index (χ2n) is 3.69. The van der Waals surface area contributed by atoms with Crippen LogP contribution in [0.3, 0.4) is 0 Å². The van der Waals surface area contributed by atoms with Gasteiger partial charge in [-0.05, 0) is 37.7 Å². The fourth-order valence-electron chi connectivity index (χ4n) is 1.49. The van der Waals surface area contributed by atoms with Crippen molar-refractivity contribution in [2.75, 3.05) is 6.26 Å². The number of pyridine rings is 1. The van der Waals surface area contributed by atoms with Crippen LogP contribution in [0.1, 0.15) is 28.8 Å². The molecule has 0 N–H and O–H groups in total. The average Bonchev–Trinajstić information content (AvgIpc) is 3.00. The molecule has 0 spiro atoms. The first-order valence-electron chi connectivity index (χ1n) is 4.77. The molecule has 14 heavy (non-hydrogen) atoms. The third kappa shape index (κ3) is 1.82. The molecule has 0 radical (unpaired) electrons. The van der Waals surface area contributed by atoms with E-state index in [2.05, 4.69) is 4.98 Å². The lowest BCUT2D eigenvalue weighted by Crippen LogP contribution is -2.02. The number of ketones is 1. The molecule has 0 aliphatic heterocycles. The van der Waals surface area contributed by atoms with Gasteiger partial charge >= 0.3 is 0 Å². The summed E-state index contributed by atoms with van der Waals surface area (Å²) >= 11 is 1.62. The number of hydrogen-bond acceptors (Lipinski definition) is 3. The number of aryl methyl sites for hydroxylation is 1. The molecule has 1 saturated carbocycles. The molecule has 0 bridgehead atoms. The molecule has 1 aliphatic carbocycles. The van der Waals surface area contributed by atoms with E-state index in [-0.39, 0.29) is 11.7 Å². The summed E-state index contributed by atoms with van der Waals surface area (Å²) < 4.78 is 0. The number of nitrogens with zero attached hydrogens (tertiary/aromatic N) is 1. The number of carbonyl (C=O) groups excluding carboxylic acids is 1. The first-order valence-corrected chi connectivity index (χ1v) is 5.99. The zero-order valence-electron chi connectivity index (χ0n) is 8.41. The number of carbonyl (C=O) groups is 1. The highest BCUT2D eigenvalue weighted by Crippen LogP contribution is 2.33. The van der Waals surface area contributed by atoms with Crippen LogP contribution in [0.2, 0.25) is 0 Å². The molecular formula is C11H13NOS. The number of hydrogen-bond donors (Lipinski definition) is 0. The van der Waals surface area contributed by atoms with Gasteiger partial charge in [-0.3, -0.25) is 4.79 Å². The Balaban J connectivity index is 2.27. The van der Waals surface area contributed by atoms with Gasteiger partial charge in [0.15, 0.2) is 5.78 Å². The summed E-state index contributed by atoms with van der Waals surface area (Å²) in [5.74, 6) is 0.560. The van der Waals surface area contributed by atoms with Crippen LogP contribution >= 0.6 is 11.8 Å². The summed E-state index contributed by atoms with van der Waals surface area (Å²) in [7, 11) is 0. The maximum absolute atomic E-state index is 11.7. The van der Waals surface area contributed by atoms with E-state index in [0.717, 1.165) is 29.0 Å². The van der Waals surface area contributed by atoms with E-state index in [0.29, 0.717) is 0 Å². The predicted octanol–water partition coefficient (Wildman–Crippen LogP) is 2.70. The van der Waals surface area contributed by atoms with Gasteiger partial charge in [-0.25, -0.2) is 4.98 Å². The van der Waals surface area contributed by atoms with Crippen molar-refractivity contribution >= 4 is 17.5 Å². The molecule has 0 unspecified atom stereocenters. The third-order valence-corrected chi connectivity index (χ3v) is 3.27. The van der Waals surface area contributed by atoms with Gasteiger partial charge in [0.25, 0.3) is 0 Å². The van der Waals surface area contributed by atoms with Crippen LogP contribution in [0.5, 0.6) is 0 Å². The molecule has 0 aromatic carbocycles. The van der Waals surface area contributed by atoms with Crippen molar-refractivity contribution in [1.29, 1.82) is 0 Å². The molecule has 1 aromatic rings. The van der Waals surface area contributed by atoms with Gasteiger partial charge in [0.1, 0.15) is 0 Å². The Hall–Kier alpha value is -0.830. The van der Waals surface area contributed by atoms with Crippen LogP contribution < -0.4 is 0 Å². The summed E-state index contributed by atoms with van der Waals surface area (Å²) in [4.78, 5) is 16.0. The fraction of sp³-hybridized carbons (Fsp3) is 0.455. The van der Waals surface area contributed by atoms with Crippen molar-refractivity contribution in [2.24, 2.45) is 5.92 Å². The Kier molecular flexibility index (Phi) is 2.59. The van der Waals surface area contributed by atoms with Crippen molar-refractivity contribution < 1.29 is 4.79 Å². The highest BCUT2D eigenvalue weighted by molar-refractivity contribution is 7.98. The normalized spacial score (nSPS) is 15.6. The lowest BCUT2D eigenvalue weighted by Gasteiger charge is -2.03. The number of aromatic nitrogens is 1. The van der Waals surface area contributed by atoms with Gasteiger partial charge in [-0.15, -0.1) is 11.8 Å². The van der Waals surface area contributed by atoms with Crippen LogP contribution in [0.25, 0.3) is 0 Å². The minimum Gasteiger partial charge on any atom is -0.294 e. The Labute approximate surface area is 88.1 Å². The molecule has 3 heteroatoms. The predicted molar refractivity (Wildman–Crippen MR) is 57.8 cm³/mol. The van der Waals surface area contributed by atoms with E-state index < -0.39 is 0 Å². The zero-order chi connectivity index (χ0) is 10.1. The first-order chi connectivity index (χ1) is 6.72. The summed E-state index contributed by atoms with van der Waals surface area (Å²) in [6.07, 6.45) is 5.82. The van der Waals surface area contributed by atoms with Crippen molar-refractivity contribution in [2.45, 2.75) is 24.8 Å². The van der Waals surface area contributed by atoms with Crippen LogP contribution in [0.4, 0.5) is 0 Å². The highest BCUT2D eigenvalue weighted by Gasteiger charge is 2.30. The minimum absolute atomic E-state index is 0.272. The maximum atomic E-state index is 11.7. The minimum atomic E-state index is 0.272. The average molecular weight is 207 g/mol. The smallest absolute Gasteiger partial charge is 0.167 e. The highest BCUT2D eigenvalue weighted by atomic mass is 32.2. The molecule has 1 aromatic heterocycles. The molecule has 0 amide bonds. The Bertz CT molecular complexity index is 372.